The average molecular weight is 7610 g/mol. The van der Waals surface area contributed by atoms with Crippen LogP contribution in [0.15, 0.2) is 0 Å². The zero-order valence-corrected chi connectivity index (χ0v) is 152. The Hall–Kier alpha value is 43.8. The van der Waals surface area contributed by atoms with Crippen molar-refractivity contribution in [3.05, 3.63) is 0 Å². The van der Waals surface area contributed by atoms with E-state index in [9.17, 15) is 0 Å². The molecule has 0 aromatic carbocycles. The zero-order chi connectivity index (χ0) is 47.7. The van der Waals surface area contributed by atoms with Gasteiger partial charge in [0.15, 0.2) is 0 Å². The predicted molar refractivity (Wildman–Crippen MR) is 841 cm³/mol. The van der Waals surface area contributed by atoms with E-state index >= 15 is 0 Å². The molecule has 0 nitrogen and oxygen atoms in total. The van der Waals surface area contributed by atoms with Gasteiger partial charge in [0.05, 0.1) is 0 Å². The maximum absolute atomic E-state index is 3.42. The van der Waals surface area contributed by atoms with Crippen LogP contribution in [0.2, 0.25) is 0 Å². The molecule has 0 fully saturated rings. The third-order valence-corrected chi connectivity index (χ3v) is 4630. The molecule has 0 aliphatic rings. The Morgan fingerprint density at radius 3 is 0.183 bits per heavy atom. The molecular weight excluding hydrogens is 7610 g/mol. The number of hydrogen-bond donors (Lipinski definition) is 0. The summed E-state index contributed by atoms with van der Waals surface area (Å²) in [6.07, 6.45) is 0. The molecule has 0 radical (unpaired) electrons. The molecule has 0 bridgehead atoms. The number of halogens is 60. The van der Waals surface area contributed by atoms with Gasteiger partial charge in [0.25, 0.3) is 0 Å². The van der Waals surface area contributed by atoms with E-state index in [1.807, 2.05) is 0 Å². The van der Waals surface area contributed by atoms with Gasteiger partial charge in [0, 0.05) is 0 Å². The first kappa shape index (κ1) is 104. The van der Waals surface area contributed by atoms with Gasteiger partial charge in [-0.25, -0.2) is 0 Å². The van der Waals surface area contributed by atoms with E-state index in [1.165, 1.54) is 0 Å². The molecular formula is I60. The Labute approximate surface area is 757 Å². The molecule has 0 saturated carbocycles. The van der Waals surface area contributed by atoms with Crippen molar-refractivity contribution in [1.29, 1.82) is 0 Å². The van der Waals surface area contributed by atoms with Crippen molar-refractivity contribution >= 4 is 806 Å². The van der Waals surface area contributed by atoms with Gasteiger partial charge in [-0.05, 0) is 0 Å². The first-order valence-corrected chi connectivity index (χ1v) is 379. The number of hydrogen-bond acceptors (Lipinski definition) is 0. The summed E-state index contributed by atoms with van der Waals surface area (Å²) in [4.78, 5) is 0. The van der Waals surface area contributed by atoms with Gasteiger partial charge in [-0.1, -0.05) is 0 Å². The minimum absolute atomic E-state index is 0.473. The summed E-state index contributed by atoms with van der Waals surface area (Å²) >= 11 is 102. The van der Waals surface area contributed by atoms with E-state index in [-0.39, 0.29) is 0 Å². The minimum atomic E-state index is -0.603. The number of rotatable bonds is 28. The first-order chi connectivity index (χ1) is 27.2. The third-order valence-electron chi connectivity index (χ3n) is 2.29. The quantitative estimate of drug-likeness (QED) is 0.0685. The second-order valence-corrected chi connectivity index (χ2v) is 1420. The van der Waals surface area contributed by atoms with Crippen molar-refractivity contribution in [2.75, 3.05) is 0 Å². The van der Waals surface area contributed by atoms with Crippen molar-refractivity contribution in [3.63, 3.8) is 0 Å². The SMILES string of the molecule is II(I)I(I)I(I)I(I)I(I)I(I)I(I)I(I)I(I)I(I)I(I)I(I)I(I)I(I)I(I)I(I)I(I)I(I)I(I)I(I)I(I)I(I)I(I)I(I)I(I)I(I)I(I)I(I)I(I)I. The molecule has 60 heavy (non-hydrogen) atoms. The monoisotopic (exact) mass is 7610 g/mol. The maximum atomic E-state index is 3.42. The molecule has 0 N–H and O–H groups in total. The summed E-state index contributed by atoms with van der Waals surface area (Å²) in [5, 5.41) is 0. The fourth-order valence-electron chi connectivity index (χ4n) is 0.833. The van der Waals surface area contributed by atoms with Crippen LogP contribution >= 0.6 is 806 Å². The van der Waals surface area contributed by atoms with E-state index in [0.717, 1.165) is 0 Å². The van der Waals surface area contributed by atoms with E-state index < -0.39 is 229 Å². The molecule has 0 aliphatic heterocycles. The summed E-state index contributed by atoms with van der Waals surface area (Å²) in [6, 6.07) is 0. The Kier molecular flexibility index (Phi) is 108. The van der Waals surface area contributed by atoms with Crippen LogP contribution in [0.4, 0.5) is 0 Å². The molecule has 0 atom stereocenters. The van der Waals surface area contributed by atoms with Crippen molar-refractivity contribution in [1.82, 2.24) is 0 Å². The van der Waals surface area contributed by atoms with Crippen LogP contribution in [-0.4, -0.2) is 0 Å². The van der Waals surface area contributed by atoms with Crippen molar-refractivity contribution < 1.29 is 0 Å². The summed E-state index contributed by atoms with van der Waals surface area (Å²) in [7, 11) is -16.2. The summed E-state index contributed by atoms with van der Waals surface area (Å²) in [6.45, 7) is 0. The Morgan fingerprint density at radius 1 is 0.0833 bits per heavy atom. The van der Waals surface area contributed by atoms with E-state index in [4.69, 9.17) is 0 Å². The molecule has 0 rings (SSSR count). The Balaban J connectivity index is 5.67. The van der Waals surface area contributed by atoms with Gasteiger partial charge in [-0.2, -0.15) is 0 Å². The van der Waals surface area contributed by atoms with Gasteiger partial charge in [0.1, 0.15) is 0 Å². The summed E-state index contributed by atoms with van der Waals surface area (Å²) < 4.78 is 0. The molecule has 60 heteroatoms. The van der Waals surface area contributed by atoms with Gasteiger partial charge in [-0.3, -0.25) is 0 Å². The third kappa shape index (κ3) is 42.6. The standard InChI is InChI=1S/I60/c1-32(2)34(5)36(7)38(9)40(11)42(13)44(15)46(17)48(19)50(21)52(23)54(25)56(27)58(29)60(31)59(30)57(28)55(26)53(24)51(22)49(20)47(18)45(16)43(14)41(12)39(10)37(8)35(6)33(3)4. The first-order valence-electron chi connectivity index (χ1n) is 8.43. The van der Waals surface area contributed by atoms with Crippen LogP contribution in [-0.2, 0) is 0 Å². The second kappa shape index (κ2) is 62.3. The van der Waals surface area contributed by atoms with Gasteiger partial charge in [-0.15, -0.1) is 0 Å². The molecule has 0 unspecified atom stereocenters. The van der Waals surface area contributed by atoms with Gasteiger partial charge in [0.2, 0.25) is 0 Å². The van der Waals surface area contributed by atoms with E-state index in [1.54, 1.807) is 0 Å². The normalized spacial score (nSPS) is 18.9. The van der Waals surface area contributed by atoms with Crippen molar-refractivity contribution in [2.45, 2.75) is 0 Å². The molecule has 0 saturated heterocycles. The summed E-state index contributed by atoms with van der Waals surface area (Å²) in [5.41, 5.74) is 0. The summed E-state index contributed by atoms with van der Waals surface area (Å²) in [5.74, 6) is 0. The molecule has 0 amide bonds. The fraction of sp³-hybridized carbons (Fsp3) is 0. The van der Waals surface area contributed by atoms with Crippen LogP contribution in [0, 0.1) is 0 Å². The van der Waals surface area contributed by atoms with E-state index in [0.29, 0.717) is 0 Å². The zero-order valence-electron chi connectivity index (χ0n) is 22.7. The predicted octanol–water partition coefficient (Wildman–Crippen LogP) is 53.1. The van der Waals surface area contributed by atoms with Gasteiger partial charge < -0.3 is 0 Å². The van der Waals surface area contributed by atoms with E-state index in [2.05, 4.69) is 577 Å². The molecule has 0 aromatic rings. The Bertz CT molecular complexity index is 1030. The van der Waals surface area contributed by atoms with Crippen LogP contribution in [0.1, 0.15) is 0 Å². The van der Waals surface area contributed by atoms with Crippen LogP contribution in [0.5, 0.6) is 0 Å². The molecule has 0 aromatic heterocycles. The molecule has 0 aliphatic carbocycles. The topological polar surface area (TPSA) is 0 Å². The van der Waals surface area contributed by atoms with Crippen LogP contribution < -0.4 is 0 Å². The van der Waals surface area contributed by atoms with Gasteiger partial charge >= 0.3 is 806 Å². The molecule has 420 valence electrons. The molecule has 0 heterocycles. The fourth-order valence-corrected chi connectivity index (χ4v) is 11300. The van der Waals surface area contributed by atoms with Crippen LogP contribution in [0.25, 0.3) is 0 Å². The molecule has 0 spiro atoms. The average Bonchev–Trinajstić information content (AvgIpc) is 3.23. The van der Waals surface area contributed by atoms with Crippen LogP contribution in [0.3, 0.4) is 0 Å². The van der Waals surface area contributed by atoms with Crippen molar-refractivity contribution in [2.24, 2.45) is 0 Å². The van der Waals surface area contributed by atoms with Crippen molar-refractivity contribution in [3.8, 4) is 0 Å². The Morgan fingerprint density at radius 2 is 0.133 bits per heavy atom. The second-order valence-electron chi connectivity index (χ2n) is 4.70.